The first-order chi connectivity index (χ1) is 6.50. The smallest absolute Gasteiger partial charge is 0.306 e. The van der Waals surface area contributed by atoms with Crippen molar-refractivity contribution in [1.29, 1.82) is 0 Å². The van der Waals surface area contributed by atoms with Crippen LogP contribution in [0, 0.1) is 0 Å². The fourth-order valence-corrected chi connectivity index (χ4v) is 1.99. The number of aliphatic hydroxyl groups is 1. The van der Waals surface area contributed by atoms with Crippen molar-refractivity contribution in [3.05, 3.63) is 33.3 Å². The van der Waals surface area contributed by atoms with E-state index in [1.165, 1.54) is 0 Å². The molecule has 0 saturated heterocycles. The summed E-state index contributed by atoms with van der Waals surface area (Å²) in [5.41, 5.74) is 0.525. The van der Waals surface area contributed by atoms with Crippen LogP contribution in [0.5, 0.6) is 0 Å². The molecular formula is C9H8BrClO3. The minimum absolute atomic E-state index is 0.319. The maximum absolute atomic E-state index is 10.4. The van der Waals surface area contributed by atoms with Gasteiger partial charge in [0.25, 0.3) is 0 Å². The lowest BCUT2D eigenvalue weighted by Gasteiger charge is -2.10. The standard InChI is InChI=1S/C9H8BrClO3/c10-7-3-5(11)1-2-6(7)8(12)4-9(13)14/h1-3,8,12H,4H2,(H,13,14)/t8-/m0/s1. The molecule has 0 saturated carbocycles. The monoisotopic (exact) mass is 278 g/mol. The van der Waals surface area contributed by atoms with Crippen molar-refractivity contribution < 1.29 is 15.0 Å². The molecule has 0 spiro atoms. The molecule has 1 aromatic carbocycles. The lowest BCUT2D eigenvalue weighted by Crippen LogP contribution is -2.05. The molecule has 0 unspecified atom stereocenters. The summed E-state index contributed by atoms with van der Waals surface area (Å²) >= 11 is 8.90. The highest BCUT2D eigenvalue weighted by Crippen LogP contribution is 2.28. The number of aliphatic carboxylic acids is 1. The van der Waals surface area contributed by atoms with Crippen molar-refractivity contribution >= 4 is 33.5 Å². The van der Waals surface area contributed by atoms with Crippen LogP contribution < -0.4 is 0 Å². The first-order valence-electron chi connectivity index (χ1n) is 3.85. The highest BCUT2D eigenvalue weighted by molar-refractivity contribution is 9.10. The van der Waals surface area contributed by atoms with Gasteiger partial charge in [0.15, 0.2) is 0 Å². The van der Waals surface area contributed by atoms with E-state index in [1.807, 2.05) is 0 Å². The van der Waals surface area contributed by atoms with Crippen LogP contribution in [0.1, 0.15) is 18.1 Å². The number of carboxylic acids is 1. The molecule has 1 rings (SSSR count). The van der Waals surface area contributed by atoms with Gasteiger partial charge in [0.2, 0.25) is 0 Å². The van der Waals surface area contributed by atoms with Gasteiger partial charge >= 0.3 is 5.97 Å². The second-order valence-corrected chi connectivity index (χ2v) is 4.07. The number of aliphatic hydroxyl groups excluding tert-OH is 1. The molecule has 0 bridgehead atoms. The summed E-state index contributed by atoms with van der Waals surface area (Å²) in [5, 5.41) is 18.5. The second-order valence-electron chi connectivity index (χ2n) is 2.78. The van der Waals surface area contributed by atoms with E-state index in [0.717, 1.165) is 0 Å². The molecule has 76 valence electrons. The molecular weight excluding hydrogens is 271 g/mol. The molecule has 5 heteroatoms. The van der Waals surface area contributed by atoms with Gasteiger partial charge in [-0.3, -0.25) is 4.79 Å². The van der Waals surface area contributed by atoms with E-state index in [1.54, 1.807) is 18.2 Å². The summed E-state index contributed by atoms with van der Waals surface area (Å²) in [4.78, 5) is 10.4. The van der Waals surface area contributed by atoms with Gasteiger partial charge < -0.3 is 10.2 Å². The van der Waals surface area contributed by atoms with E-state index in [0.29, 0.717) is 15.1 Å². The number of hydrogen-bond acceptors (Lipinski definition) is 2. The first-order valence-corrected chi connectivity index (χ1v) is 5.02. The van der Waals surface area contributed by atoms with Gasteiger partial charge in [-0.05, 0) is 17.7 Å². The molecule has 3 nitrogen and oxygen atoms in total. The average Bonchev–Trinajstić information content (AvgIpc) is 2.01. The van der Waals surface area contributed by atoms with Crippen molar-refractivity contribution in [2.24, 2.45) is 0 Å². The van der Waals surface area contributed by atoms with Crippen molar-refractivity contribution in [3.8, 4) is 0 Å². The number of hydrogen-bond donors (Lipinski definition) is 2. The Hall–Kier alpha value is -0.580. The Morgan fingerprint density at radius 1 is 1.57 bits per heavy atom. The highest BCUT2D eigenvalue weighted by atomic mass is 79.9. The number of rotatable bonds is 3. The van der Waals surface area contributed by atoms with Gasteiger partial charge in [-0.15, -0.1) is 0 Å². The summed E-state index contributed by atoms with van der Waals surface area (Å²) < 4.78 is 0.610. The zero-order valence-corrected chi connectivity index (χ0v) is 9.42. The normalized spacial score (nSPS) is 12.5. The van der Waals surface area contributed by atoms with E-state index in [4.69, 9.17) is 16.7 Å². The average molecular weight is 280 g/mol. The SMILES string of the molecule is O=C(O)C[C@H](O)c1ccc(Cl)cc1Br. The Kier molecular flexibility index (Phi) is 3.92. The number of halogens is 2. The topological polar surface area (TPSA) is 57.5 Å². The molecule has 0 aliphatic heterocycles. The predicted molar refractivity (Wildman–Crippen MR) is 56.4 cm³/mol. The predicted octanol–water partition coefficient (Wildman–Crippen LogP) is 2.61. The zero-order valence-electron chi connectivity index (χ0n) is 7.08. The van der Waals surface area contributed by atoms with Crippen LogP contribution in [-0.2, 0) is 4.79 Å². The van der Waals surface area contributed by atoms with Crippen LogP contribution in [0.3, 0.4) is 0 Å². The minimum atomic E-state index is -1.04. The van der Waals surface area contributed by atoms with Crippen LogP contribution in [-0.4, -0.2) is 16.2 Å². The molecule has 1 atom stereocenters. The van der Waals surface area contributed by atoms with Gasteiger partial charge in [-0.25, -0.2) is 0 Å². The van der Waals surface area contributed by atoms with Crippen LogP contribution >= 0.6 is 27.5 Å². The Bertz CT molecular complexity index is 354. The van der Waals surface area contributed by atoms with E-state index in [2.05, 4.69) is 15.9 Å². The van der Waals surface area contributed by atoms with Crippen molar-refractivity contribution in [1.82, 2.24) is 0 Å². The third kappa shape index (κ3) is 2.97. The lowest BCUT2D eigenvalue weighted by molar-refractivity contribution is -0.139. The van der Waals surface area contributed by atoms with E-state index in [9.17, 15) is 9.90 Å². The van der Waals surface area contributed by atoms with Crippen LogP contribution in [0.15, 0.2) is 22.7 Å². The molecule has 2 N–H and O–H groups in total. The van der Waals surface area contributed by atoms with E-state index < -0.39 is 12.1 Å². The lowest BCUT2D eigenvalue weighted by atomic mass is 10.1. The number of benzene rings is 1. The summed E-state index contributed by atoms with van der Waals surface area (Å²) in [6.45, 7) is 0. The fourth-order valence-electron chi connectivity index (χ4n) is 1.05. The van der Waals surface area contributed by atoms with Gasteiger partial charge in [0.05, 0.1) is 12.5 Å². The van der Waals surface area contributed by atoms with Gasteiger partial charge in [-0.1, -0.05) is 33.6 Å². The summed E-state index contributed by atoms with van der Waals surface area (Å²) in [6, 6.07) is 4.81. The van der Waals surface area contributed by atoms with Crippen molar-refractivity contribution in [2.45, 2.75) is 12.5 Å². The maximum Gasteiger partial charge on any atom is 0.306 e. The van der Waals surface area contributed by atoms with Crippen LogP contribution in [0.2, 0.25) is 5.02 Å². The molecule has 0 aliphatic carbocycles. The van der Waals surface area contributed by atoms with E-state index in [-0.39, 0.29) is 6.42 Å². The number of carbonyl (C=O) groups is 1. The first kappa shape index (κ1) is 11.5. The largest absolute Gasteiger partial charge is 0.481 e. The van der Waals surface area contributed by atoms with Crippen LogP contribution in [0.25, 0.3) is 0 Å². The summed E-state index contributed by atoms with van der Waals surface area (Å²) in [5.74, 6) is -1.04. The third-order valence-corrected chi connectivity index (χ3v) is 2.61. The highest BCUT2D eigenvalue weighted by Gasteiger charge is 2.14. The van der Waals surface area contributed by atoms with Gasteiger partial charge in [-0.2, -0.15) is 0 Å². The molecule has 0 radical (unpaired) electrons. The quantitative estimate of drug-likeness (QED) is 0.894. The molecule has 14 heavy (non-hydrogen) atoms. The number of carboxylic acid groups (broad SMARTS) is 1. The third-order valence-electron chi connectivity index (χ3n) is 1.69. The maximum atomic E-state index is 10.4. The van der Waals surface area contributed by atoms with Crippen LogP contribution in [0.4, 0.5) is 0 Å². The summed E-state index contributed by atoms with van der Waals surface area (Å²) in [7, 11) is 0. The summed E-state index contributed by atoms with van der Waals surface area (Å²) in [6.07, 6.45) is -1.33. The Labute approximate surface area is 94.4 Å². The molecule has 0 aliphatic rings. The Morgan fingerprint density at radius 2 is 2.21 bits per heavy atom. The van der Waals surface area contributed by atoms with Crippen molar-refractivity contribution in [3.63, 3.8) is 0 Å². The molecule has 0 fully saturated rings. The zero-order chi connectivity index (χ0) is 10.7. The molecule has 0 amide bonds. The fraction of sp³-hybridized carbons (Fsp3) is 0.222. The van der Waals surface area contributed by atoms with Crippen molar-refractivity contribution in [2.75, 3.05) is 0 Å². The van der Waals surface area contributed by atoms with E-state index >= 15 is 0 Å². The Balaban J connectivity index is 2.90. The van der Waals surface area contributed by atoms with Gasteiger partial charge in [0.1, 0.15) is 0 Å². The second kappa shape index (κ2) is 4.77. The molecule has 0 aromatic heterocycles. The van der Waals surface area contributed by atoms with Gasteiger partial charge in [0, 0.05) is 9.50 Å². The molecule has 1 aromatic rings. The minimum Gasteiger partial charge on any atom is -0.481 e. The molecule has 0 heterocycles. The Morgan fingerprint density at radius 3 is 2.71 bits per heavy atom.